The zero-order valence-electron chi connectivity index (χ0n) is 24.0. The van der Waals surface area contributed by atoms with Crippen molar-refractivity contribution in [1.82, 2.24) is 24.5 Å². The molecule has 222 valence electrons. The number of hydrogen-bond donors (Lipinski definition) is 2. The van der Waals surface area contributed by atoms with Crippen molar-refractivity contribution in [3.05, 3.63) is 53.4 Å². The molecule has 0 spiro atoms. The molecule has 1 amide bonds. The Morgan fingerprint density at radius 2 is 1.93 bits per heavy atom. The van der Waals surface area contributed by atoms with Gasteiger partial charge in [-0.1, -0.05) is 0 Å². The molecule has 4 aromatic rings. The molecule has 2 fully saturated rings. The highest BCUT2D eigenvalue weighted by atomic mass is 19.1. The normalized spacial score (nSPS) is 24.1. The monoisotopic (exact) mass is 580 g/mol. The number of methoxy groups -OCH3 is 2. The van der Waals surface area contributed by atoms with Crippen molar-refractivity contribution in [2.75, 3.05) is 26.1 Å². The molecule has 2 aliphatic rings. The van der Waals surface area contributed by atoms with E-state index in [4.69, 9.17) is 19.6 Å². The van der Waals surface area contributed by atoms with E-state index in [0.29, 0.717) is 36.7 Å². The smallest absolute Gasteiger partial charge is 0.226 e. The van der Waals surface area contributed by atoms with E-state index in [1.165, 1.54) is 10.6 Å². The minimum absolute atomic E-state index is 0.0295. The fourth-order valence-corrected chi connectivity index (χ4v) is 6.15. The number of carbonyl (C=O) groups excluding carboxylic acids is 1. The van der Waals surface area contributed by atoms with Crippen molar-refractivity contribution in [3.8, 4) is 11.5 Å². The lowest BCUT2D eigenvalue weighted by atomic mass is 9.71. The minimum atomic E-state index is -0.804. The van der Waals surface area contributed by atoms with Crippen LogP contribution in [0.1, 0.15) is 56.8 Å². The van der Waals surface area contributed by atoms with E-state index < -0.39 is 17.2 Å². The van der Waals surface area contributed by atoms with Crippen LogP contribution in [-0.4, -0.2) is 67.9 Å². The zero-order chi connectivity index (χ0) is 29.8. The number of aromatic nitrogens is 4. The Balaban J connectivity index is 1.35. The summed E-state index contributed by atoms with van der Waals surface area (Å²) < 4.78 is 41.5. The van der Waals surface area contributed by atoms with Gasteiger partial charge in [-0.05, 0) is 57.7 Å². The number of likely N-dealkylation sites (tertiary alicyclic amines) is 1. The van der Waals surface area contributed by atoms with E-state index in [2.05, 4.69) is 10.3 Å². The number of nitrogens with one attached hydrogen (secondary N) is 1. The number of anilines is 1. The quantitative estimate of drug-likeness (QED) is 0.330. The topological polar surface area (TPSA) is 114 Å². The summed E-state index contributed by atoms with van der Waals surface area (Å²) in [5.41, 5.74) is 0.251. The van der Waals surface area contributed by atoms with Crippen LogP contribution in [0.2, 0.25) is 0 Å². The van der Waals surface area contributed by atoms with Crippen LogP contribution in [0.5, 0.6) is 11.5 Å². The number of aliphatic hydroxyl groups is 1. The van der Waals surface area contributed by atoms with Gasteiger partial charge in [0.05, 0.1) is 25.2 Å². The third kappa shape index (κ3) is 5.08. The molecule has 2 atom stereocenters. The molecular weight excluding hydrogens is 546 g/mol. The van der Waals surface area contributed by atoms with Gasteiger partial charge in [0, 0.05) is 48.7 Å². The van der Waals surface area contributed by atoms with Gasteiger partial charge in [0.2, 0.25) is 11.9 Å². The maximum Gasteiger partial charge on any atom is 0.226 e. The number of amides is 1. The third-order valence-electron chi connectivity index (χ3n) is 8.49. The molecule has 0 unspecified atom stereocenters. The van der Waals surface area contributed by atoms with Gasteiger partial charge >= 0.3 is 0 Å². The first-order valence-corrected chi connectivity index (χ1v) is 14.1. The molecule has 12 heteroatoms. The van der Waals surface area contributed by atoms with E-state index in [1.54, 1.807) is 33.3 Å². The van der Waals surface area contributed by atoms with E-state index in [1.807, 2.05) is 17.9 Å². The Kier molecular flexibility index (Phi) is 7.12. The molecule has 6 rings (SSSR count). The van der Waals surface area contributed by atoms with Crippen LogP contribution >= 0.6 is 0 Å². The zero-order valence-corrected chi connectivity index (χ0v) is 24.0. The van der Waals surface area contributed by atoms with Crippen molar-refractivity contribution in [2.45, 2.75) is 63.6 Å². The number of ether oxygens (including phenoxy) is 2. The molecule has 1 saturated carbocycles. The molecule has 1 aliphatic carbocycles. The molecule has 0 bridgehead atoms. The summed E-state index contributed by atoms with van der Waals surface area (Å²) in [6.07, 6.45) is 2.42. The number of carbonyl (C=O) groups is 1. The van der Waals surface area contributed by atoms with Crippen LogP contribution < -0.4 is 14.8 Å². The first kappa shape index (κ1) is 28.1. The van der Waals surface area contributed by atoms with E-state index in [0.717, 1.165) is 24.5 Å². The molecule has 3 heterocycles. The Labute approximate surface area is 241 Å². The summed E-state index contributed by atoms with van der Waals surface area (Å²) in [5, 5.41) is 18.3. The van der Waals surface area contributed by atoms with Crippen molar-refractivity contribution >= 4 is 28.4 Å². The number of benzene rings is 2. The Hall–Kier alpha value is -4.06. The second kappa shape index (κ2) is 10.6. The van der Waals surface area contributed by atoms with Crippen molar-refractivity contribution in [2.24, 2.45) is 5.92 Å². The van der Waals surface area contributed by atoms with Crippen molar-refractivity contribution in [1.29, 1.82) is 0 Å². The Morgan fingerprint density at radius 3 is 2.64 bits per heavy atom. The van der Waals surface area contributed by atoms with Gasteiger partial charge in [-0.2, -0.15) is 4.52 Å². The summed E-state index contributed by atoms with van der Waals surface area (Å²) in [6.45, 7) is 4.48. The van der Waals surface area contributed by atoms with Gasteiger partial charge in [-0.25, -0.2) is 18.7 Å². The molecule has 2 aromatic heterocycles. The fraction of sp³-hybridized carbons (Fsp3) is 0.467. The average Bonchev–Trinajstić information content (AvgIpc) is 3.41. The minimum Gasteiger partial charge on any atom is -0.497 e. The molecule has 2 aromatic carbocycles. The second-order valence-electron chi connectivity index (χ2n) is 11.7. The number of halogens is 2. The van der Waals surface area contributed by atoms with Gasteiger partial charge in [0.25, 0.3) is 0 Å². The van der Waals surface area contributed by atoms with Gasteiger partial charge < -0.3 is 24.8 Å². The molecule has 10 nitrogen and oxygen atoms in total. The Bertz CT molecular complexity index is 1670. The van der Waals surface area contributed by atoms with Crippen LogP contribution in [0, 0.1) is 17.6 Å². The highest BCUT2D eigenvalue weighted by Crippen LogP contribution is 2.40. The molecule has 42 heavy (non-hydrogen) atoms. The van der Waals surface area contributed by atoms with Crippen LogP contribution in [0.15, 0.2) is 30.3 Å². The molecule has 2 N–H and O–H groups in total. The Morgan fingerprint density at radius 1 is 1.14 bits per heavy atom. The standard InChI is InChI=1S/C30H34F2N6O4/c1-16-5-6-18(15-37(16)28(39)19-12-30(2,40)13-19)26-35-27-22-9-20(31)10-23(32)25(22)34-29(38(27)36-26)33-14-17-7-8-21(41-3)11-24(17)42-4/h7-11,16,18-19,40H,5-6,12-15H2,1-4H3,(H,33,34)/t16-,18+,19?,30?/m0/s1. The molecule has 0 radical (unpaired) electrons. The molecule has 1 aliphatic heterocycles. The number of fused-ring (bicyclic) bond motifs is 3. The van der Waals surface area contributed by atoms with E-state index in [9.17, 15) is 18.7 Å². The van der Waals surface area contributed by atoms with Gasteiger partial charge in [0.15, 0.2) is 17.3 Å². The maximum absolute atomic E-state index is 15.0. The summed E-state index contributed by atoms with van der Waals surface area (Å²) in [5.74, 6) is 0.0729. The average molecular weight is 581 g/mol. The first-order chi connectivity index (χ1) is 20.1. The summed E-state index contributed by atoms with van der Waals surface area (Å²) in [6, 6.07) is 7.47. The first-order valence-electron chi connectivity index (χ1n) is 14.1. The number of nitrogens with zero attached hydrogens (tertiary/aromatic N) is 5. The lowest BCUT2D eigenvalue weighted by molar-refractivity contribution is -0.153. The van der Waals surface area contributed by atoms with Crippen LogP contribution in [0.3, 0.4) is 0 Å². The van der Waals surface area contributed by atoms with E-state index >= 15 is 0 Å². The van der Waals surface area contributed by atoms with Crippen LogP contribution in [-0.2, 0) is 11.3 Å². The molecular formula is C30H34F2N6O4. The van der Waals surface area contributed by atoms with Gasteiger partial charge in [0.1, 0.15) is 22.8 Å². The summed E-state index contributed by atoms with van der Waals surface area (Å²) in [7, 11) is 3.13. The fourth-order valence-electron chi connectivity index (χ4n) is 6.15. The number of hydrogen-bond acceptors (Lipinski definition) is 8. The maximum atomic E-state index is 15.0. The predicted molar refractivity (Wildman–Crippen MR) is 152 cm³/mol. The van der Waals surface area contributed by atoms with Gasteiger partial charge in [-0.15, -0.1) is 5.10 Å². The lowest BCUT2D eigenvalue weighted by Gasteiger charge is -2.45. The number of piperidine rings is 1. The van der Waals surface area contributed by atoms with Crippen molar-refractivity contribution < 1.29 is 28.2 Å². The largest absolute Gasteiger partial charge is 0.497 e. The summed E-state index contributed by atoms with van der Waals surface area (Å²) in [4.78, 5) is 24.4. The number of rotatable bonds is 7. The highest BCUT2D eigenvalue weighted by molar-refractivity contribution is 5.92. The SMILES string of the molecule is COc1ccc(CNc2nc3c(F)cc(F)cc3c3nc([C@@H]4CC[C@H](C)N(C(=O)C5CC(C)(O)C5)C4)nn23)c(OC)c1. The highest BCUT2D eigenvalue weighted by Gasteiger charge is 2.45. The molecule has 1 saturated heterocycles. The predicted octanol–water partition coefficient (Wildman–Crippen LogP) is 4.44. The summed E-state index contributed by atoms with van der Waals surface area (Å²) >= 11 is 0. The van der Waals surface area contributed by atoms with Crippen LogP contribution in [0.25, 0.3) is 16.6 Å². The lowest BCUT2D eigenvalue weighted by Crippen LogP contribution is -2.53. The third-order valence-corrected chi connectivity index (χ3v) is 8.49. The van der Waals surface area contributed by atoms with Gasteiger partial charge in [-0.3, -0.25) is 4.79 Å². The van der Waals surface area contributed by atoms with Crippen LogP contribution in [0.4, 0.5) is 14.7 Å². The van der Waals surface area contributed by atoms with E-state index in [-0.39, 0.29) is 52.8 Å². The van der Waals surface area contributed by atoms with Crippen molar-refractivity contribution in [3.63, 3.8) is 0 Å². The second-order valence-corrected chi connectivity index (χ2v) is 11.7.